The molecule has 0 bridgehead atoms. The number of aromatic nitrogens is 2. The van der Waals surface area contributed by atoms with E-state index < -0.39 is 0 Å². The van der Waals surface area contributed by atoms with Crippen LogP contribution in [-0.2, 0) is 6.42 Å². The lowest BCUT2D eigenvalue weighted by Crippen LogP contribution is -2.21. The van der Waals surface area contributed by atoms with E-state index in [1.54, 1.807) is 11.8 Å². The van der Waals surface area contributed by atoms with Crippen LogP contribution in [0.2, 0.25) is 0 Å². The lowest BCUT2D eigenvalue weighted by molar-refractivity contribution is 0.641. The van der Waals surface area contributed by atoms with E-state index >= 15 is 0 Å². The molecule has 0 aliphatic rings. The van der Waals surface area contributed by atoms with Gasteiger partial charge in [-0.05, 0) is 68.3 Å². The Morgan fingerprint density at radius 1 is 1.19 bits per heavy atom. The largest absolute Gasteiger partial charge is 0.327 e. The van der Waals surface area contributed by atoms with E-state index in [1.165, 1.54) is 10.5 Å². The van der Waals surface area contributed by atoms with Crippen molar-refractivity contribution >= 4 is 27.7 Å². The first kappa shape index (κ1) is 16.5. The average Bonchev–Trinajstić information content (AvgIpc) is 2.40. The molecule has 0 saturated heterocycles. The van der Waals surface area contributed by atoms with Crippen molar-refractivity contribution < 1.29 is 0 Å². The number of nitrogens with two attached hydrogens (primary N) is 1. The summed E-state index contributed by atoms with van der Waals surface area (Å²) < 4.78 is 1.08. The van der Waals surface area contributed by atoms with Gasteiger partial charge in [0, 0.05) is 26.8 Å². The van der Waals surface area contributed by atoms with Crippen LogP contribution in [0.5, 0.6) is 0 Å². The molecule has 1 atom stereocenters. The van der Waals surface area contributed by atoms with E-state index in [0.29, 0.717) is 0 Å². The quantitative estimate of drug-likeness (QED) is 0.803. The van der Waals surface area contributed by atoms with E-state index in [-0.39, 0.29) is 6.04 Å². The normalized spacial score (nSPS) is 12.4. The van der Waals surface area contributed by atoms with Crippen molar-refractivity contribution in [2.24, 2.45) is 5.73 Å². The highest BCUT2D eigenvalue weighted by Gasteiger charge is 2.11. The number of aryl methyl sites for hydroxylation is 2. The molecule has 1 unspecified atom stereocenters. The monoisotopic (exact) mass is 365 g/mol. The number of halogens is 1. The highest BCUT2D eigenvalue weighted by molar-refractivity contribution is 9.10. The van der Waals surface area contributed by atoms with Crippen molar-refractivity contribution in [2.45, 2.75) is 49.7 Å². The predicted molar refractivity (Wildman–Crippen MR) is 91.7 cm³/mol. The maximum absolute atomic E-state index is 6.11. The fourth-order valence-electron chi connectivity index (χ4n) is 2.07. The lowest BCUT2D eigenvalue weighted by Gasteiger charge is -2.13. The van der Waals surface area contributed by atoms with E-state index in [9.17, 15) is 0 Å². The van der Waals surface area contributed by atoms with Crippen molar-refractivity contribution in [2.75, 3.05) is 0 Å². The molecular formula is C16H20BrN3S. The van der Waals surface area contributed by atoms with Gasteiger partial charge in [0.25, 0.3) is 0 Å². The minimum atomic E-state index is 0.179. The zero-order valence-electron chi connectivity index (χ0n) is 12.6. The molecule has 0 spiro atoms. The Labute approximate surface area is 138 Å². The van der Waals surface area contributed by atoms with Crippen molar-refractivity contribution in [1.29, 1.82) is 0 Å². The number of benzene rings is 1. The number of nitrogens with zero attached hydrogens (tertiary/aromatic N) is 2. The smallest absolute Gasteiger partial charge is 0.192 e. The molecule has 0 radical (unpaired) electrons. The summed E-state index contributed by atoms with van der Waals surface area (Å²) in [7, 11) is 0. The zero-order chi connectivity index (χ0) is 15.4. The van der Waals surface area contributed by atoms with Crippen LogP contribution in [0.25, 0.3) is 0 Å². The molecule has 3 nitrogen and oxygen atoms in total. The lowest BCUT2D eigenvalue weighted by atomic mass is 10.1. The van der Waals surface area contributed by atoms with Crippen LogP contribution in [-0.4, -0.2) is 16.0 Å². The van der Waals surface area contributed by atoms with Gasteiger partial charge in [-0.15, -0.1) is 0 Å². The first-order chi connectivity index (χ1) is 9.97. The molecule has 1 heterocycles. The van der Waals surface area contributed by atoms with Gasteiger partial charge in [0.1, 0.15) is 0 Å². The van der Waals surface area contributed by atoms with Crippen LogP contribution in [0.3, 0.4) is 0 Å². The summed E-state index contributed by atoms with van der Waals surface area (Å²) in [5.41, 5.74) is 9.34. The van der Waals surface area contributed by atoms with E-state index in [0.717, 1.165) is 33.9 Å². The molecule has 112 valence electrons. The van der Waals surface area contributed by atoms with Crippen molar-refractivity contribution in [3.05, 3.63) is 45.7 Å². The first-order valence-electron chi connectivity index (χ1n) is 7.02. The van der Waals surface area contributed by atoms with Gasteiger partial charge in [0.15, 0.2) is 5.16 Å². The molecule has 2 N–H and O–H groups in total. The summed E-state index contributed by atoms with van der Waals surface area (Å²) in [5, 5.41) is 0.793. The van der Waals surface area contributed by atoms with Gasteiger partial charge in [0.05, 0.1) is 0 Å². The summed E-state index contributed by atoms with van der Waals surface area (Å²) in [4.78, 5) is 10.2. The molecule has 0 saturated carbocycles. The molecule has 0 fully saturated rings. The minimum absolute atomic E-state index is 0.179. The fourth-order valence-corrected chi connectivity index (χ4v) is 3.47. The summed E-state index contributed by atoms with van der Waals surface area (Å²) in [6, 6.07) is 8.46. The van der Waals surface area contributed by atoms with Gasteiger partial charge in [-0.1, -0.05) is 22.9 Å². The SMILES string of the molecule is CCC(N)Cc1cc(Br)ccc1Sc1nc(C)cc(C)n1. The first-order valence-corrected chi connectivity index (χ1v) is 8.63. The standard InChI is InChI=1S/C16H20BrN3S/c1-4-14(18)9-12-8-13(17)5-6-15(12)21-16-19-10(2)7-11(3)20-16/h5-8,14H,4,9,18H2,1-3H3. The second-order valence-corrected chi connectivity index (χ2v) is 7.08. The second kappa shape index (κ2) is 7.38. The highest BCUT2D eigenvalue weighted by Crippen LogP contribution is 2.31. The summed E-state index contributed by atoms with van der Waals surface area (Å²) in [6.07, 6.45) is 1.83. The molecule has 1 aromatic carbocycles. The van der Waals surface area contributed by atoms with Crippen LogP contribution in [0.4, 0.5) is 0 Å². The third-order valence-electron chi connectivity index (χ3n) is 3.19. The Bertz CT molecular complexity index is 611. The molecule has 0 aliphatic carbocycles. The van der Waals surface area contributed by atoms with E-state index in [1.807, 2.05) is 26.0 Å². The Kier molecular flexibility index (Phi) is 5.79. The van der Waals surface area contributed by atoms with Crippen molar-refractivity contribution in [1.82, 2.24) is 9.97 Å². The molecule has 5 heteroatoms. The average molecular weight is 366 g/mol. The Morgan fingerprint density at radius 3 is 2.48 bits per heavy atom. The van der Waals surface area contributed by atoms with Gasteiger partial charge in [-0.25, -0.2) is 9.97 Å². The van der Waals surface area contributed by atoms with E-state index in [2.05, 4.69) is 45.0 Å². The van der Waals surface area contributed by atoms with Gasteiger partial charge in [-0.3, -0.25) is 0 Å². The van der Waals surface area contributed by atoms with Gasteiger partial charge >= 0.3 is 0 Å². The topological polar surface area (TPSA) is 51.8 Å². The Balaban J connectivity index is 2.30. The molecule has 0 aliphatic heterocycles. The third kappa shape index (κ3) is 4.80. The molecule has 0 amide bonds. The van der Waals surface area contributed by atoms with Gasteiger partial charge in [-0.2, -0.15) is 0 Å². The summed E-state index contributed by atoms with van der Waals surface area (Å²) >= 11 is 5.14. The van der Waals surface area contributed by atoms with Gasteiger partial charge in [0.2, 0.25) is 0 Å². The Hall–Kier alpha value is -0.910. The molecule has 2 rings (SSSR count). The second-order valence-electron chi connectivity index (χ2n) is 5.16. The molecule has 21 heavy (non-hydrogen) atoms. The Morgan fingerprint density at radius 2 is 1.86 bits per heavy atom. The van der Waals surface area contributed by atoms with Crippen LogP contribution in [0.15, 0.2) is 38.8 Å². The summed E-state index contributed by atoms with van der Waals surface area (Å²) in [6.45, 7) is 6.10. The minimum Gasteiger partial charge on any atom is -0.327 e. The van der Waals surface area contributed by atoms with Crippen LogP contribution in [0.1, 0.15) is 30.3 Å². The van der Waals surface area contributed by atoms with Gasteiger partial charge < -0.3 is 5.73 Å². The number of rotatable bonds is 5. The van der Waals surface area contributed by atoms with E-state index in [4.69, 9.17) is 5.73 Å². The third-order valence-corrected chi connectivity index (χ3v) is 4.67. The maximum atomic E-state index is 6.11. The number of hydrogen-bond acceptors (Lipinski definition) is 4. The molecule has 1 aromatic heterocycles. The fraction of sp³-hybridized carbons (Fsp3) is 0.375. The predicted octanol–water partition coefficient (Wildman–Crippen LogP) is 4.29. The summed E-state index contributed by atoms with van der Waals surface area (Å²) in [5.74, 6) is 0. The van der Waals surface area contributed by atoms with Crippen LogP contribution < -0.4 is 5.73 Å². The van der Waals surface area contributed by atoms with Crippen LogP contribution >= 0.6 is 27.7 Å². The van der Waals surface area contributed by atoms with Crippen LogP contribution in [0, 0.1) is 13.8 Å². The molecular weight excluding hydrogens is 346 g/mol. The number of hydrogen-bond donors (Lipinski definition) is 1. The zero-order valence-corrected chi connectivity index (χ0v) is 15.0. The van der Waals surface area contributed by atoms with Crippen molar-refractivity contribution in [3.8, 4) is 0 Å². The maximum Gasteiger partial charge on any atom is 0.192 e. The highest BCUT2D eigenvalue weighted by atomic mass is 79.9. The van der Waals surface area contributed by atoms with Crippen molar-refractivity contribution in [3.63, 3.8) is 0 Å². The molecule has 2 aromatic rings.